The highest BCUT2D eigenvalue weighted by atomic mass is 16.1. The molecule has 1 fully saturated rings. The van der Waals surface area contributed by atoms with Gasteiger partial charge in [0.15, 0.2) is 0 Å². The first-order valence-corrected chi connectivity index (χ1v) is 6.72. The Morgan fingerprint density at radius 2 is 2.06 bits per heavy atom. The van der Waals surface area contributed by atoms with E-state index in [1.807, 2.05) is 19.2 Å². The van der Waals surface area contributed by atoms with Crippen LogP contribution in [0, 0.1) is 6.92 Å². The normalized spacial score (nSPS) is 21.7. The SMILES string of the molecule is Cc1cnc2c(c1)NC(=O)CC1(CCCCC1)N2. The summed E-state index contributed by atoms with van der Waals surface area (Å²) in [7, 11) is 0. The molecule has 0 radical (unpaired) electrons. The lowest BCUT2D eigenvalue weighted by molar-refractivity contribution is -0.117. The molecule has 1 aromatic heterocycles. The van der Waals surface area contributed by atoms with E-state index in [9.17, 15) is 4.79 Å². The number of hydrogen-bond acceptors (Lipinski definition) is 3. The van der Waals surface area contributed by atoms with E-state index in [2.05, 4.69) is 15.6 Å². The number of aromatic nitrogens is 1. The van der Waals surface area contributed by atoms with Crippen LogP contribution in [0.1, 0.15) is 44.1 Å². The van der Waals surface area contributed by atoms with Gasteiger partial charge in [-0.05, 0) is 31.4 Å². The molecule has 1 amide bonds. The third kappa shape index (κ3) is 2.07. The lowest BCUT2D eigenvalue weighted by atomic mass is 9.79. The van der Waals surface area contributed by atoms with Gasteiger partial charge in [-0.15, -0.1) is 0 Å². The maximum Gasteiger partial charge on any atom is 0.226 e. The Morgan fingerprint density at radius 1 is 1.28 bits per heavy atom. The summed E-state index contributed by atoms with van der Waals surface area (Å²) in [5.41, 5.74) is 1.81. The van der Waals surface area contributed by atoms with Gasteiger partial charge in [-0.1, -0.05) is 19.3 Å². The molecule has 96 valence electrons. The zero-order valence-corrected chi connectivity index (χ0v) is 10.8. The molecule has 1 saturated carbocycles. The summed E-state index contributed by atoms with van der Waals surface area (Å²) in [6, 6.07) is 1.98. The zero-order valence-electron chi connectivity index (χ0n) is 10.8. The van der Waals surface area contributed by atoms with Gasteiger partial charge in [0.25, 0.3) is 0 Å². The lowest BCUT2D eigenvalue weighted by Crippen LogP contribution is -2.41. The minimum atomic E-state index is -0.0736. The molecule has 1 aromatic rings. The molecule has 0 aromatic carbocycles. The van der Waals surface area contributed by atoms with E-state index in [0.29, 0.717) is 6.42 Å². The quantitative estimate of drug-likeness (QED) is 0.739. The van der Waals surface area contributed by atoms with Gasteiger partial charge in [-0.2, -0.15) is 0 Å². The molecule has 2 heterocycles. The van der Waals surface area contributed by atoms with Crippen LogP contribution in [-0.2, 0) is 4.79 Å². The van der Waals surface area contributed by atoms with Crippen LogP contribution < -0.4 is 10.6 Å². The van der Waals surface area contributed by atoms with Crippen molar-refractivity contribution in [2.75, 3.05) is 10.6 Å². The van der Waals surface area contributed by atoms with Crippen molar-refractivity contribution in [3.63, 3.8) is 0 Å². The summed E-state index contributed by atoms with van der Waals surface area (Å²) in [5, 5.41) is 6.51. The zero-order chi connectivity index (χ0) is 12.6. The number of amides is 1. The minimum Gasteiger partial charge on any atom is -0.362 e. The molecule has 4 heteroatoms. The number of nitrogens with zero attached hydrogens (tertiary/aromatic N) is 1. The highest BCUT2D eigenvalue weighted by molar-refractivity contribution is 5.96. The van der Waals surface area contributed by atoms with Crippen molar-refractivity contribution in [3.05, 3.63) is 17.8 Å². The van der Waals surface area contributed by atoms with Gasteiger partial charge in [-0.25, -0.2) is 4.98 Å². The molecule has 2 N–H and O–H groups in total. The van der Waals surface area contributed by atoms with Crippen LogP contribution in [0.2, 0.25) is 0 Å². The maximum atomic E-state index is 12.1. The van der Waals surface area contributed by atoms with Gasteiger partial charge in [0, 0.05) is 18.2 Å². The second kappa shape index (κ2) is 4.26. The van der Waals surface area contributed by atoms with Crippen molar-refractivity contribution in [2.24, 2.45) is 0 Å². The van der Waals surface area contributed by atoms with E-state index in [-0.39, 0.29) is 11.4 Å². The van der Waals surface area contributed by atoms with Crippen LogP contribution in [0.25, 0.3) is 0 Å². The van der Waals surface area contributed by atoms with E-state index in [0.717, 1.165) is 29.9 Å². The second-order valence-electron chi connectivity index (χ2n) is 5.60. The number of pyridine rings is 1. The molecule has 4 nitrogen and oxygen atoms in total. The van der Waals surface area contributed by atoms with Gasteiger partial charge in [-0.3, -0.25) is 4.79 Å². The maximum absolute atomic E-state index is 12.1. The molecule has 18 heavy (non-hydrogen) atoms. The van der Waals surface area contributed by atoms with Crippen molar-refractivity contribution < 1.29 is 4.79 Å². The number of rotatable bonds is 0. The summed E-state index contributed by atoms with van der Waals surface area (Å²) in [6.45, 7) is 1.99. The highest BCUT2D eigenvalue weighted by Gasteiger charge is 2.37. The van der Waals surface area contributed by atoms with Gasteiger partial charge >= 0.3 is 0 Å². The standard InChI is InChI=1S/C14H19N3O/c1-10-7-11-13(15-9-10)17-14(8-12(18)16-11)5-3-2-4-6-14/h7,9H,2-6,8H2,1H3,(H,15,17)(H,16,18). The summed E-state index contributed by atoms with van der Waals surface area (Å²) in [6.07, 6.45) is 8.20. The van der Waals surface area contributed by atoms with Crippen LogP contribution in [0.15, 0.2) is 12.3 Å². The van der Waals surface area contributed by atoms with Crippen LogP contribution in [0.3, 0.4) is 0 Å². The molecule has 1 aliphatic heterocycles. The summed E-state index contributed by atoms with van der Waals surface area (Å²) >= 11 is 0. The molecule has 3 rings (SSSR count). The van der Waals surface area contributed by atoms with E-state index >= 15 is 0 Å². The fourth-order valence-electron chi connectivity index (χ4n) is 3.09. The molecule has 0 bridgehead atoms. The van der Waals surface area contributed by atoms with E-state index in [4.69, 9.17) is 0 Å². The third-order valence-electron chi connectivity index (χ3n) is 3.99. The fourth-order valence-corrected chi connectivity index (χ4v) is 3.09. The van der Waals surface area contributed by atoms with Crippen LogP contribution >= 0.6 is 0 Å². The van der Waals surface area contributed by atoms with Crippen molar-refractivity contribution in [1.82, 2.24) is 4.98 Å². The average Bonchev–Trinajstić information content (AvgIpc) is 2.45. The van der Waals surface area contributed by atoms with Gasteiger partial charge < -0.3 is 10.6 Å². The Kier molecular flexibility index (Phi) is 2.73. The van der Waals surface area contributed by atoms with Gasteiger partial charge in [0.2, 0.25) is 5.91 Å². The Hall–Kier alpha value is -1.58. The predicted octanol–water partition coefficient (Wildman–Crippen LogP) is 2.85. The monoisotopic (exact) mass is 245 g/mol. The Balaban J connectivity index is 1.97. The van der Waals surface area contributed by atoms with Crippen molar-refractivity contribution in [1.29, 1.82) is 0 Å². The molecular formula is C14H19N3O. The first kappa shape index (κ1) is 11.5. The molecular weight excluding hydrogens is 226 g/mol. The third-order valence-corrected chi connectivity index (χ3v) is 3.99. The van der Waals surface area contributed by atoms with Crippen LogP contribution in [0.5, 0.6) is 0 Å². The largest absolute Gasteiger partial charge is 0.362 e. The van der Waals surface area contributed by atoms with Gasteiger partial charge in [0.05, 0.1) is 5.69 Å². The summed E-state index contributed by atoms with van der Waals surface area (Å²) in [4.78, 5) is 16.5. The Bertz CT molecular complexity index is 478. The Labute approximate surface area is 107 Å². The van der Waals surface area contributed by atoms with Crippen LogP contribution in [-0.4, -0.2) is 16.4 Å². The molecule has 0 atom stereocenters. The average molecular weight is 245 g/mol. The topological polar surface area (TPSA) is 54.0 Å². The molecule has 2 aliphatic rings. The number of hydrogen-bond donors (Lipinski definition) is 2. The summed E-state index contributed by atoms with van der Waals surface area (Å²) < 4.78 is 0. The predicted molar refractivity (Wildman–Crippen MR) is 71.7 cm³/mol. The fraction of sp³-hybridized carbons (Fsp3) is 0.571. The number of fused-ring (bicyclic) bond motifs is 1. The van der Waals surface area contributed by atoms with Crippen molar-refractivity contribution >= 4 is 17.4 Å². The molecule has 0 unspecified atom stereocenters. The lowest BCUT2D eigenvalue weighted by Gasteiger charge is -2.36. The van der Waals surface area contributed by atoms with Crippen molar-refractivity contribution in [3.8, 4) is 0 Å². The number of nitrogens with one attached hydrogen (secondary N) is 2. The summed E-state index contributed by atoms with van der Waals surface area (Å²) in [5.74, 6) is 0.934. The Morgan fingerprint density at radius 3 is 2.83 bits per heavy atom. The highest BCUT2D eigenvalue weighted by Crippen LogP contribution is 2.38. The molecule has 0 saturated heterocycles. The number of anilines is 2. The first-order valence-electron chi connectivity index (χ1n) is 6.72. The molecule has 1 spiro atoms. The van der Waals surface area contributed by atoms with E-state index in [1.165, 1.54) is 19.3 Å². The van der Waals surface area contributed by atoms with Crippen molar-refractivity contribution in [2.45, 2.75) is 51.0 Å². The first-order chi connectivity index (χ1) is 8.67. The minimum absolute atomic E-state index is 0.0736. The molecule has 1 aliphatic carbocycles. The second-order valence-corrected chi connectivity index (χ2v) is 5.60. The number of aryl methyl sites for hydroxylation is 1. The van der Waals surface area contributed by atoms with Crippen LogP contribution in [0.4, 0.5) is 11.5 Å². The van der Waals surface area contributed by atoms with E-state index < -0.39 is 0 Å². The smallest absolute Gasteiger partial charge is 0.226 e. The number of carbonyl (C=O) groups excluding carboxylic acids is 1. The van der Waals surface area contributed by atoms with Gasteiger partial charge in [0.1, 0.15) is 5.82 Å². The van der Waals surface area contributed by atoms with E-state index in [1.54, 1.807) is 0 Å². The number of carbonyl (C=O) groups is 1.